The minimum Gasteiger partial charge on any atom is -0.464 e. The van der Waals surface area contributed by atoms with Crippen molar-refractivity contribution in [3.05, 3.63) is 67.8 Å². The van der Waals surface area contributed by atoms with Crippen molar-refractivity contribution in [3.63, 3.8) is 0 Å². The third-order valence-corrected chi connectivity index (χ3v) is 3.71. The number of hydrogen-bond acceptors (Lipinski definition) is 3. The lowest BCUT2D eigenvalue weighted by molar-refractivity contribution is 0.508. The lowest BCUT2D eigenvalue weighted by atomic mass is 10.1. The monoisotopic (exact) mass is 417 g/mol. The van der Waals surface area contributed by atoms with Crippen molar-refractivity contribution in [3.8, 4) is 0 Å². The number of anilines is 2. The van der Waals surface area contributed by atoms with Crippen LogP contribution >= 0.6 is 22.6 Å². The van der Waals surface area contributed by atoms with E-state index < -0.39 is 28.6 Å². The van der Waals surface area contributed by atoms with E-state index in [1.54, 1.807) is 6.07 Å². The highest BCUT2D eigenvalue weighted by atomic mass is 127. The third-order valence-electron chi connectivity index (χ3n) is 3.04. The molecule has 0 atom stereocenters. The molecule has 0 radical (unpaired) electrons. The van der Waals surface area contributed by atoms with Gasteiger partial charge in [0.2, 0.25) is 0 Å². The van der Waals surface area contributed by atoms with Gasteiger partial charge in [0, 0.05) is 15.7 Å². The predicted octanol–water partition coefficient (Wildman–Crippen LogP) is 4.56. The molecule has 1 N–H and O–H groups in total. The quantitative estimate of drug-likeness (QED) is 0.622. The van der Waals surface area contributed by atoms with E-state index in [-0.39, 0.29) is 16.7 Å². The van der Waals surface area contributed by atoms with Crippen molar-refractivity contribution >= 4 is 44.9 Å². The third kappa shape index (κ3) is 2.56. The van der Waals surface area contributed by atoms with Crippen molar-refractivity contribution < 1.29 is 17.6 Å². The lowest BCUT2D eigenvalue weighted by Gasteiger charge is -2.11. The van der Waals surface area contributed by atoms with E-state index in [9.17, 15) is 18.0 Å². The van der Waals surface area contributed by atoms with Gasteiger partial charge in [0.1, 0.15) is 11.4 Å². The molecule has 0 saturated carbocycles. The first kappa shape index (κ1) is 14.9. The Balaban J connectivity index is 2.25. The zero-order valence-electron chi connectivity index (χ0n) is 10.8. The van der Waals surface area contributed by atoms with Crippen LogP contribution in [0.15, 0.2) is 45.8 Å². The molecule has 0 aliphatic heterocycles. The smallest absolute Gasteiger partial charge is 0.194 e. The van der Waals surface area contributed by atoms with E-state index in [0.717, 1.165) is 18.4 Å². The van der Waals surface area contributed by atoms with E-state index in [1.807, 2.05) is 22.6 Å². The number of hydrogen-bond donors (Lipinski definition) is 1. The second kappa shape index (κ2) is 5.64. The first-order valence-electron chi connectivity index (χ1n) is 6.09. The summed E-state index contributed by atoms with van der Waals surface area (Å²) in [7, 11) is 0. The summed E-state index contributed by atoms with van der Waals surface area (Å²) in [6, 6.07) is 6.05. The fourth-order valence-corrected chi connectivity index (χ4v) is 2.49. The first-order valence-corrected chi connectivity index (χ1v) is 7.17. The molecular weight excluding hydrogens is 410 g/mol. The summed E-state index contributed by atoms with van der Waals surface area (Å²) in [6.07, 6.45) is 1.08. The van der Waals surface area contributed by atoms with Crippen molar-refractivity contribution in [2.75, 3.05) is 5.32 Å². The van der Waals surface area contributed by atoms with Crippen LogP contribution in [-0.4, -0.2) is 0 Å². The molecule has 0 spiro atoms. The van der Waals surface area contributed by atoms with Gasteiger partial charge in [0.15, 0.2) is 17.1 Å². The van der Waals surface area contributed by atoms with Crippen molar-refractivity contribution in [1.82, 2.24) is 0 Å². The van der Waals surface area contributed by atoms with Crippen LogP contribution in [0.3, 0.4) is 0 Å². The van der Waals surface area contributed by atoms with E-state index in [0.29, 0.717) is 3.57 Å². The molecule has 0 amide bonds. The molecule has 0 bridgehead atoms. The van der Waals surface area contributed by atoms with Gasteiger partial charge in [-0.15, -0.1) is 0 Å². The number of benzene rings is 2. The molecule has 0 aliphatic rings. The second-order valence-electron chi connectivity index (χ2n) is 4.45. The SMILES string of the molecule is O=c1ccoc2cc(F)c(F)c(Nc3ccc(I)cc3F)c12. The lowest BCUT2D eigenvalue weighted by Crippen LogP contribution is -2.07. The van der Waals surface area contributed by atoms with E-state index in [1.165, 1.54) is 12.1 Å². The molecule has 0 saturated heterocycles. The topological polar surface area (TPSA) is 42.2 Å². The number of rotatable bonds is 2. The minimum atomic E-state index is -1.27. The van der Waals surface area contributed by atoms with Gasteiger partial charge < -0.3 is 9.73 Å². The normalized spacial score (nSPS) is 10.9. The van der Waals surface area contributed by atoms with Crippen LogP contribution in [0.5, 0.6) is 0 Å². The van der Waals surface area contributed by atoms with Crippen LogP contribution in [0.4, 0.5) is 24.5 Å². The van der Waals surface area contributed by atoms with E-state index in [4.69, 9.17) is 4.42 Å². The van der Waals surface area contributed by atoms with Gasteiger partial charge in [0.05, 0.1) is 23.0 Å². The Bertz CT molecular complexity index is 940. The highest BCUT2D eigenvalue weighted by Crippen LogP contribution is 2.30. The van der Waals surface area contributed by atoms with Crippen LogP contribution in [0.2, 0.25) is 0 Å². The van der Waals surface area contributed by atoms with Crippen LogP contribution < -0.4 is 10.7 Å². The maximum Gasteiger partial charge on any atom is 0.194 e. The molecule has 3 nitrogen and oxygen atoms in total. The predicted molar refractivity (Wildman–Crippen MR) is 84.8 cm³/mol. The molecule has 0 fully saturated rings. The molecule has 0 unspecified atom stereocenters. The molecule has 3 rings (SSSR count). The molecule has 1 heterocycles. The van der Waals surface area contributed by atoms with E-state index in [2.05, 4.69) is 5.32 Å². The Morgan fingerprint density at radius 3 is 2.55 bits per heavy atom. The van der Waals surface area contributed by atoms with Gasteiger partial charge in [-0.1, -0.05) is 0 Å². The summed E-state index contributed by atoms with van der Waals surface area (Å²) in [5, 5.41) is 2.26. The average molecular weight is 417 g/mol. The van der Waals surface area contributed by atoms with Crippen LogP contribution in [0, 0.1) is 21.0 Å². The molecule has 112 valence electrons. The largest absolute Gasteiger partial charge is 0.464 e. The Hall–Kier alpha value is -2.03. The van der Waals surface area contributed by atoms with E-state index >= 15 is 0 Å². The number of nitrogens with one attached hydrogen (secondary N) is 1. The van der Waals surface area contributed by atoms with Gasteiger partial charge in [-0.2, -0.15) is 0 Å². The first-order chi connectivity index (χ1) is 10.5. The number of fused-ring (bicyclic) bond motifs is 1. The maximum absolute atomic E-state index is 14.1. The fraction of sp³-hybridized carbons (Fsp3) is 0. The van der Waals surface area contributed by atoms with Gasteiger partial charge in [-0.3, -0.25) is 4.79 Å². The summed E-state index contributed by atoms with van der Waals surface area (Å²) >= 11 is 1.92. The fourth-order valence-electron chi connectivity index (χ4n) is 2.04. The average Bonchev–Trinajstić information content (AvgIpc) is 2.46. The van der Waals surface area contributed by atoms with Gasteiger partial charge in [-0.05, 0) is 40.8 Å². The summed E-state index contributed by atoms with van der Waals surface area (Å²) in [6.45, 7) is 0. The maximum atomic E-state index is 14.1. The minimum absolute atomic E-state index is 0.0746. The van der Waals surface area contributed by atoms with Crippen molar-refractivity contribution in [2.24, 2.45) is 0 Å². The summed E-state index contributed by atoms with van der Waals surface area (Å²) < 4.78 is 47.2. The zero-order valence-corrected chi connectivity index (χ0v) is 12.9. The molecule has 7 heteroatoms. The second-order valence-corrected chi connectivity index (χ2v) is 5.70. The molecule has 0 aliphatic carbocycles. The Kier molecular flexibility index (Phi) is 3.81. The van der Waals surface area contributed by atoms with Crippen LogP contribution in [0.25, 0.3) is 11.0 Å². The highest BCUT2D eigenvalue weighted by Gasteiger charge is 2.18. The molecule has 22 heavy (non-hydrogen) atoms. The Morgan fingerprint density at radius 1 is 1.05 bits per heavy atom. The molecular formula is C15H7F3INO2. The zero-order chi connectivity index (χ0) is 15.9. The van der Waals surface area contributed by atoms with Crippen molar-refractivity contribution in [1.29, 1.82) is 0 Å². The number of halogens is 4. The Morgan fingerprint density at radius 2 is 1.82 bits per heavy atom. The summed E-state index contributed by atoms with van der Waals surface area (Å²) in [5.74, 6) is -3.12. The molecule has 1 aromatic heterocycles. The van der Waals surface area contributed by atoms with Crippen LogP contribution in [0.1, 0.15) is 0 Å². The standard InChI is InChI=1S/C15H7F3INO2/c16-8-5-7(19)1-2-10(8)20-15-13-11(21)3-4-22-12(13)6-9(17)14(15)18/h1-6,20H. The van der Waals surface area contributed by atoms with Gasteiger partial charge >= 0.3 is 0 Å². The highest BCUT2D eigenvalue weighted by molar-refractivity contribution is 14.1. The summed E-state index contributed by atoms with van der Waals surface area (Å²) in [4.78, 5) is 11.9. The van der Waals surface area contributed by atoms with Gasteiger partial charge in [0.25, 0.3) is 0 Å². The van der Waals surface area contributed by atoms with Crippen LogP contribution in [-0.2, 0) is 0 Å². The summed E-state index contributed by atoms with van der Waals surface area (Å²) in [5.41, 5.74) is -1.22. The van der Waals surface area contributed by atoms with Gasteiger partial charge in [-0.25, -0.2) is 13.2 Å². The molecule has 2 aromatic carbocycles. The molecule has 3 aromatic rings. The van der Waals surface area contributed by atoms with Crippen molar-refractivity contribution in [2.45, 2.75) is 0 Å². The Labute approximate surface area is 135 Å².